The summed E-state index contributed by atoms with van der Waals surface area (Å²) in [6, 6.07) is 0. The van der Waals surface area contributed by atoms with Crippen molar-refractivity contribution in [2.45, 2.75) is 91.0 Å². The van der Waals surface area contributed by atoms with Crippen LogP contribution in [0.3, 0.4) is 0 Å². The zero-order chi connectivity index (χ0) is 18.5. The Bertz CT molecular complexity index is 400. The number of rotatable bonds is 0. The van der Waals surface area contributed by atoms with E-state index in [9.17, 15) is 0 Å². The summed E-state index contributed by atoms with van der Waals surface area (Å²) in [5.41, 5.74) is 0.0809. The van der Waals surface area contributed by atoms with E-state index >= 15 is 0 Å². The normalized spacial score (nSPS) is 24.1. The molecule has 0 aromatic carbocycles. The van der Waals surface area contributed by atoms with Crippen LogP contribution in [0, 0.1) is 13.3 Å². The SMILES string of the molecule is CC(C)(C)N1[C]ON2C1CCC2(C)C.[C-]#[N+]C(C)(C)C.[Cl][Pd][Cl]. The van der Waals surface area contributed by atoms with Gasteiger partial charge in [-0.2, -0.15) is 5.06 Å². The van der Waals surface area contributed by atoms with Gasteiger partial charge in [-0.15, -0.1) is 0 Å². The number of hydrogen-bond donors (Lipinski definition) is 0. The average Bonchev–Trinajstić information content (AvgIpc) is 2.92. The molecule has 2 rings (SSSR count). The Hall–Kier alpha value is 0.612. The van der Waals surface area contributed by atoms with Crippen molar-refractivity contribution in [2.24, 2.45) is 0 Å². The molecule has 4 nitrogen and oxygen atoms in total. The summed E-state index contributed by atoms with van der Waals surface area (Å²) in [5.74, 6) is 0. The minimum atomic E-state index is -0.167. The number of fused-ring (bicyclic) bond motifs is 1. The van der Waals surface area contributed by atoms with Gasteiger partial charge in [0.05, 0.1) is 6.17 Å². The van der Waals surface area contributed by atoms with Gasteiger partial charge >= 0.3 is 35.0 Å². The molecule has 7 heteroatoms. The zero-order valence-corrected chi connectivity index (χ0v) is 18.4. The third kappa shape index (κ3) is 8.02. The molecule has 2 fully saturated rings. The van der Waals surface area contributed by atoms with Crippen LogP contribution in [0.1, 0.15) is 68.2 Å². The van der Waals surface area contributed by atoms with Crippen LogP contribution in [0.4, 0.5) is 0 Å². The summed E-state index contributed by atoms with van der Waals surface area (Å²) in [4.78, 5) is 11.0. The van der Waals surface area contributed by atoms with Crippen molar-refractivity contribution in [3.8, 4) is 0 Å². The Morgan fingerprint density at radius 3 is 2.00 bits per heavy atom. The van der Waals surface area contributed by atoms with Crippen molar-refractivity contribution < 1.29 is 20.8 Å². The van der Waals surface area contributed by atoms with E-state index in [1.54, 1.807) is 0 Å². The van der Waals surface area contributed by atoms with Gasteiger partial charge in [-0.1, -0.05) is 0 Å². The molecule has 1 unspecified atom stereocenters. The fourth-order valence-corrected chi connectivity index (χ4v) is 2.26. The molecule has 23 heavy (non-hydrogen) atoms. The summed E-state index contributed by atoms with van der Waals surface area (Å²) in [6.07, 6.45) is 2.73. The zero-order valence-electron chi connectivity index (χ0n) is 15.3. The molecular weight excluding hydrogens is 428 g/mol. The number of hydroxylamine groups is 2. The quantitative estimate of drug-likeness (QED) is 0.364. The Morgan fingerprint density at radius 1 is 1.22 bits per heavy atom. The maximum absolute atomic E-state index is 6.48. The number of halogens is 2. The minimum absolute atomic E-state index is 0.0971. The monoisotopic (exact) mass is 455 g/mol. The van der Waals surface area contributed by atoms with Crippen molar-refractivity contribution in [3.63, 3.8) is 0 Å². The third-order valence-corrected chi connectivity index (χ3v) is 3.48. The van der Waals surface area contributed by atoms with E-state index in [4.69, 9.17) is 30.5 Å². The summed E-state index contributed by atoms with van der Waals surface area (Å²) in [6.45, 7) is 26.2. The van der Waals surface area contributed by atoms with Gasteiger partial charge in [0.15, 0.2) is 0 Å². The van der Waals surface area contributed by atoms with Crippen LogP contribution in [-0.4, -0.2) is 32.7 Å². The second-order valence-electron chi connectivity index (χ2n) is 8.21. The molecule has 2 aliphatic rings. The molecule has 2 aliphatic heterocycles. The van der Waals surface area contributed by atoms with E-state index in [0.717, 1.165) is 6.42 Å². The first-order valence-electron chi connectivity index (χ1n) is 7.52. The molecule has 0 aromatic rings. The average molecular weight is 457 g/mol. The second kappa shape index (κ2) is 9.35. The molecule has 2 radical (unpaired) electrons. The summed E-state index contributed by atoms with van der Waals surface area (Å²) in [7, 11) is 9.63. The molecular formula is C16H29Cl2N3OPd. The van der Waals surface area contributed by atoms with Crippen molar-refractivity contribution in [3.05, 3.63) is 18.1 Å². The molecule has 0 bridgehead atoms. The van der Waals surface area contributed by atoms with E-state index in [-0.39, 0.29) is 32.6 Å². The van der Waals surface area contributed by atoms with Gasteiger partial charge in [-0.3, -0.25) is 4.84 Å². The van der Waals surface area contributed by atoms with Crippen molar-refractivity contribution in [1.82, 2.24) is 9.96 Å². The van der Waals surface area contributed by atoms with Crippen LogP contribution in [0.2, 0.25) is 0 Å². The first-order valence-corrected chi connectivity index (χ1v) is 11.5. The van der Waals surface area contributed by atoms with Gasteiger partial charge in [0.2, 0.25) is 12.3 Å². The second-order valence-corrected chi connectivity index (χ2v) is 10.6. The van der Waals surface area contributed by atoms with E-state index in [1.165, 1.54) is 6.42 Å². The molecule has 2 heterocycles. The van der Waals surface area contributed by atoms with Crippen LogP contribution in [0.5, 0.6) is 0 Å². The predicted molar refractivity (Wildman–Crippen MR) is 92.9 cm³/mol. The van der Waals surface area contributed by atoms with Crippen LogP contribution < -0.4 is 0 Å². The van der Waals surface area contributed by atoms with Crippen LogP contribution in [0.25, 0.3) is 4.85 Å². The molecule has 138 valence electrons. The molecule has 0 aliphatic carbocycles. The fraction of sp³-hybridized carbons (Fsp3) is 0.875. The standard InChI is InChI=1S/C11H20N2O.C5H9N.2ClH.Pd/c1-10(2,3)12-8-14-13-9(12)6-7-11(13,4)5;1-5(2,3)6-4;;;/h9H,6-7H2,1-5H3;1-3H3;2*1H;/q;;;;+2/p-2. The molecule has 2 saturated heterocycles. The van der Waals surface area contributed by atoms with E-state index in [1.807, 2.05) is 20.8 Å². The molecule has 0 N–H and O–H groups in total. The van der Waals surface area contributed by atoms with Crippen LogP contribution >= 0.6 is 19.1 Å². The van der Waals surface area contributed by atoms with Crippen molar-refractivity contribution >= 4 is 19.1 Å². The first-order chi connectivity index (χ1) is 10.3. The van der Waals surface area contributed by atoms with Crippen LogP contribution in [0.15, 0.2) is 0 Å². The Balaban J connectivity index is 0.000000453. The van der Waals surface area contributed by atoms with E-state index in [2.05, 4.69) is 56.2 Å². The summed E-state index contributed by atoms with van der Waals surface area (Å²) >= 11 is -0.106. The van der Waals surface area contributed by atoms with Gasteiger partial charge in [-0.25, -0.2) is 11.5 Å². The maximum atomic E-state index is 6.48. The van der Waals surface area contributed by atoms with Gasteiger partial charge in [0, 0.05) is 31.8 Å². The predicted octanol–water partition coefficient (Wildman–Crippen LogP) is 5.31. The molecule has 0 amide bonds. The molecule has 1 atom stereocenters. The summed E-state index contributed by atoms with van der Waals surface area (Å²) < 4.78 is 0. The van der Waals surface area contributed by atoms with Crippen molar-refractivity contribution in [1.29, 1.82) is 0 Å². The Labute approximate surface area is 158 Å². The van der Waals surface area contributed by atoms with Gasteiger partial charge < -0.3 is 4.85 Å². The van der Waals surface area contributed by atoms with E-state index < -0.39 is 0 Å². The molecule has 0 saturated carbocycles. The topological polar surface area (TPSA) is 20.1 Å². The number of hydrogen-bond acceptors (Lipinski definition) is 3. The molecule has 0 aromatic heterocycles. The first kappa shape index (κ1) is 23.6. The Kier molecular flexibility index (Phi) is 9.60. The van der Waals surface area contributed by atoms with Gasteiger partial charge in [0.25, 0.3) is 0 Å². The summed E-state index contributed by atoms with van der Waals surface area (Å²) in [5, 5.41) is 2.08. The van der Waals surface area contributed by atoms with E-state index in [0.29, 0.717) is 6.17 Å². The van der Waals surface area contributed by atoms with Gasteiger partial charge in [-0.05, 0) is 47.5 Å². The fourth-order valence-electron chi connectivity index (χ4n) is 2.26. The Morgan fingerprint density at radius 2 is 1.65 bits per heavy atom. The van der Waals surface area contributed by atoms with Crippen LogP contribution in [-0.2, 0) is 20.8 Å². The third-order valence-electron chi connectivity index (χ3n) is 3.48. The van der Waals surface area contributed by atoms with Gasteiger partial charge in [0.1, 0.15) is 0 Å². The number of nitrogens with zero attached hydrogens (tertiary/aromatic N) is 3. The molecule has 0 spiro atoms. The van der Waals surface area contributed by atoms with Crippen molar-refractivity contribution in [2.75, 3.05) is 0 Å².